The summed E-state index contributed by atoms with van der Waals surface area (Å²) in [6.07, 6.45) is 3.25. The second kappa shape index (κ2) is 8.87. The fourth-order valence-electron chi connectivity index (χ4n) is 3.63. The lowest BCUT2D eigenvalue weighted by Crippen LogP contribution is -2.05. The van der Waals surface area contributed by atoms with Crippen LogP contribution in [0, 0.1) is 6.92 Å². The van der Waals surface area contributed by atoms with E-state index in [4.69, 9.17) is 20.9 Å². The Morgan fingerprint density at radius 3 is 2.55 bits per heavy atom. The Morgan fingerprint density at radius 1 is 0.968 bits per heavy atom. The van der Waals surface area contributed by atoms with Crippen LogP contribution in [-0.2, 0) is 12.8 Å². The van der Waals surface area contributed by atoms with Crippen LogP contribution in [0.5, 0.6) is 11.5 Å². The molecule has 0 atom stereocenters. The number of fused-ring (bicyclic) bond motifs is 1. The van der Waals surface area contributed by atoms with Crippen molar-refractivity contribution < 1.29 is 9.47 Å². The maximum absolute atomic E-state index is 6.09. The highest BCUT2D eigenvalue weighted by Gasteiger charge is 2.14. The first-order chi connectivity index (χ1) is 15.0. The van der Waals surface area contributed by atoms with Crippen LogP contribution in [0.4, 0.5) is 11.8 Å². The molecule has 0 spiro atoms. The Hall–Kier alpha value is -3.87. The minimum Gasteiger partial charge on any atom is -0.496 e. The van der Waals surface area contributed by atoms with Gasteiger partial charge in [0.05, 0.1) is 19.1 Å². The number of aromatic nitrogens is 3. The van der Waals surface area contributed by atoms with Gasteiger partial charge in [-0.2, -0.15) is 9.97 Å². The van der Waals surface area contributed by atoms with Crippen molar-refractivity contribution in [1.82, 2.24) is 15.0 Å². The van der Waals surface area contributed by atoms with Crippen LogP contribution < -0.4 is 20.9 Å². The van der Waals surface area contributed by atoms with Gasteiger partial charge < -0.3 is 20.9 Å². The second-order valence-electron chi connectivity index (χ2n) is 7.31. The number of nitrogens with zero attached hydrogens (tertiary/aromatic N) is 3. The van der Waals surface area contributed by atoms with Gasteiger partial charge in [-0.05, 0) is 41.8 Å². The lowest BCUT2D eigenvalue weighted by molar-refractivity contribution is 0.320. The zero-order chi connectivity index (χ0) is 21.8. The Balaban J connectivity index is 1.57. The van der Waals surface area contributed by atoms with Crippen LogP contribution in [0.3, 0.4) is 0 Å². The number of rotatable bonds is 7. The van der Waals surface area contributed by atoms with Gasteiger partial charge in [-0.15, -0.1) is 0 Å². The topological polar surface area (TPSA) is 109 Å². The Morgan fingerprint density at radius 2 is 1.77 bits per heavy atom. The summed E-state index contributed by atoms with van der Waals surface area (Å²) in [5.41, 5.74) is 16.5. The summed E-state index contributed by atoms with van der Waals surface area (Å²) in [5.74, 6) is 2.04. The van der Waals surface area contributed by atoms with Crippen LogP contribution in [0.2, 0.25) is 0 Å². The maximum atomic E-state index is 6.09. The molecular formula is C24H25N5O2. The molecule has 0 aliphatic rings. The molecule has 0 radical (unpaired) electrons. The zero-order valence-electron chi connectivity index (χ0n) is 17.6. The number of ether oxygens (including phenoxy) is 2. The van der Waals surface area contributed by atoms with Crippen molar-refractivity contribution in [3.8, 4) is 11.5 Å². The molecular weight excluding hydrogens is 390 g/mol. The summed E-state index contributed by atoms with van der Waals surface area (Å²) in [7, 11) is 1.66. The molecule has 0 bridgehead atoms. The minimum absolute atomic E-state index is 0.117. The van der Waals surface area contributed by atoms with E-state index in [1.165, 1.54) is 5.56 Å². The van der Waals surface area contributed by atoms with Crippen LogP contribution in [0.15, 0.2) is 54.7 Å². The minimum atomic E-state index is 0.117. The van der Waals surface area contributed by atoms with E-state index in [9.17, 15) is 0 Å². The van der Waals surface area contributed by atoms with Crippen molar-refractivity contribution >= 4 is 22.8 Å². The van der Waals surface area contributed by atoms with Crippen molar-refractivity contribution in [1.29, 1.82) is 0 Å². The number of anilines is 2. The predicted octanol–water partition coefficient (Wildman–Crippen LogP) is 3.72. The van der Waals surface area contributed by atoms with Crippen LogP contribution in [0.1, 0.15) is 22.3 Å². The molecule has 0 amide bonds. The number of pyridine rings is 1. The Kier molecular flexibility index (Phi) is 5.84. The van der Waals surface area contributed by atoms with Gasteiger partial charge in [-0.3, -0.25) is 0 Å². The first-order valence-electron chi connectivity index (χ1n) is 10.1. The van der Waals surface area contributed by atoms with Crippen molar-refractivity contribution in [3.63, 3.8) is 0 Å². The van der Waals surface area contributed by atoms with Crippen LogP contribution in [-0.4, -0.2) is 28.7 Å². The van der Waals surface area contributed by atoms with Gasteiger partial charge in [0.1, 0.15) is 17.3 Å². The highest BCUT2D eigenvalue weighted by Crippen LogP contribution is 2.30. The fourth-order valence-corrected chi connectivity index (χ4v) is 3.63. The Bertz CT molecular complexity index is 1210. The van der Waals surface area contributed by atoms with E-state index in [0.717, 1.165) is 40.0 Å². The van der Waals surface area contributed by atoms with Crippen LogP contribution in [0.25, 0.3) is 11.0 Å². The lowest BCUT2D eigenvalue weighted by Gasteiger charge is -2.14. The quantitative estimate of drug-likeness (QED) is 0.473. The number of methoxy groups -OCH3 is 1. The largest absolute Gasteiger partial charge is 0.496 e. The molecule has 0 saturated heterocycles. The smallest absolute Gasteiger partial charge is 0.224 e. The van der Waals surface area contributed by atoms with Gasteiger partial charge in [-0.1, -0.05) is 30.3 Å². The Labute approximate surface area is 181 Å². The second-order valence-corrected chi connectivity index (χ2v) is 7.31. The third-order valence-electron chi connectivity index (χ3n) is 5.27. The van der Waals surface area contributed by atoms with E-state index in [1.807, 2.05) is 43.3 Å². The third kappa shape index (κ3) is 4.50. The summed E-state index contributed by atoms with van der Waals surface area (Å²) in [6, 6.07) is 16.1. The normalized spacial score (nSPS) is 10.9. The molecule has 2 heterocycles. The highest BCUT2D eigenvalue weighted by atomic mass is 16.5. The standard InChI is InChI=1S/C24H25N5O2/c1-15-18(14-27-23-21(15)22(25)28-24(26)29-23)12-17-13-19(8-9-20(17)30-2)31-11-10-16-6-4-3-5-7-16/h3-9,13-14H,10-12H2,1-2H3,(H4,25,26,27,28,29). The highest BCUT2D eigenvalue weighted by molar-refractivity contribution is 5.90. The van der Waals surface area contributed by atoms with Gasteiger partial charge >= 0.3 is 0 Å². The number of nitrogen functional groups attached to an aromatic ring is 2. The molecule has 158 valence electrons. The van der Waals surface area contributed by atoms with Gasteiger partial charge in [0, 0.05) is 24.6 Å². The molecule has 0 aliphatic carbocycles. The molecule has 2 aromatic carbocycles. The maximum Gasteiger partial charge on any atom is 0.224 e. The average Bonchev–Trinajstić information content (AvgIpc) is 2.76. The summed E-state index contributed by atoms with van der Waals surface area (Å²) < 4.78 is 11.6. The molecule has 2 aromatic heterocycles. The van der Waals surface area contributed by atoms with E-state index < -0.39 is 0 Å². The SMILES string of the molecule is COc1ccc(OCCc2ccccc2)cc1Cc1cnc2nc(N)nc(N)c2c1C. The van der Waals surface area contributed by atoms with Gasteiger partial charge in [0.2, 0.25) is 5.95 Å². The van der Waals surface area contributed by atoms with Gasteiger partial charge in [0.25, 0.3) is 0 Å². The van der Waals surface area contributed by atoms with E-state index in [-0.39, 0.29) is 5.95 Å². The molecule has 7 heteroatoms. The summed E-state index contributed by atoms with van der Waals surface area (Å²) in [5, 5.41) is 0.723. The van der Waals surface area contributed by atoms with E-state index in [2.05, 4.69) is 27.1 Å². The summed E-state index contributed by atoms with van der Waals surface area (Å²) in [4.78, 5) is 12.7. The molecule has 0 aliphatic heterocycles. The van der Waals surface area contributed by atoms with Crippen molar-refractivity contribution in [2.45, 2.75) is 19.8 Å². The molecule has 0 unspecified atom stereocenters. The molecule has 0 fully saturated rings. The van der Waals surface area contributed by atoms with Gasteiger partial charge in [-0.25, -0.2) is 4.98 Å². The number of benzene rings is 2. The molecule has 4 N–H and O–H groups in total. The summed E-state index contributed by atoms with van der Waals surface area (Å²) in [6.45, 7) is 2.59. The van der Waals surface area contributed by atoms with Crippen molar-refractivity contribution in [3.05, 3.63) is 77.0 Å². The third-order valence-corrected chi connectivity index (χ3v) is 5.27. The number of nitrogens with two attached hydrogens (primary N) is 2. The average molecular weight is 415 g/mol. The van der Waals surface area contributed by atoms with Gasteiger partial charge in [0.15, 0.2) is 5.65 Å². The monoisotopic (exact) mass is 415 g/mol. The first kappa shape index (κ1) is 20.4. The fraction of sp³-hybridized carbons (Fsp3) is 0.208. The molecule has 4 rings (SSSR count). The predicted molar refractivity (Wildman–Crippen MR) is 122 cm³/mol. The van der Waals surface area contributed by atoms with E-state index >= 15 is 0 Å². The molecule has 4 aromatic rings. The number of aryl methyl sites for hydroxylation is 1. The van der Waals surface area contributed by atoms with E-state index in [0.29, 0.717) is 24.5 Å². The molecule has 0 saturated carbocycles. The first-order valence-corrected chi connectivity index (χ1v) is 10.1. The van der Waals surface area contributed by atoms with Crippen molar-refractivity contribution in [2.24, 2.45) is 0 Å². The number of hydrogen-bond acceptors (Lipinski definition) is 7. The summed E-state index contributed by atoms with van der Waals surface area (Å²) >= 11 is 0. The zero-order valence-corrected chi connectivity index (χ0v) is 17.6. The van der Waals surface area contributed by atoms with Crippen LogP contribution >= 0.6 is 0 Å². The van der Waals surface area contributed by atoms with E-state index in [1.54, 1.807) is 13.3 Å². The molecule has 7 nitrogen and oxygen atoms in total. The number of hydrogen-bond donors (Lipinski definition) is 2. The molecule has 31 heavy (non-hydrogen) atoms. The van der Waals surface area contributed by atoms with Crippen molar-refractivity contribution in [2.75, 3.05) is 25.2 Å². The lowest BCUT2D eigenvalue weighted by atomic mass is 9.99.